The SMILES string of the molecule is CC1CC(C(=O)NCC2(CCO)CC2)CCN1. The zero-order valence-corrected chi connectivity index (χ0v) is 10.7. The van der Waals surface area contributed by atoms with Gasteiger partial charge in [0.25, 0.3) is 0 Å². The van der Waals surface area contributed by atoms with Gasteiger partial charge in [-0.25, -0.2) is 0 Å². The lowest BCUT2D eigenvalue weighted by Crippen LogP contribution is -2.43. The van der Waals surface area contributed by atoms with Gasteiger partial charge in [-0.1, -0.05) is 0 Å². The van der Waals surface area contributed by atoms with Gasteiger partial charge in [0.1, 0.15) is 0 Å². The molecule has 0 aromatic carbocycles. The molecule has 1 aliphatic carbocycles. The Hall–Kier alpha value is -0.610. The third-order valence-corrected chi connectivity index (χ3v) is 4.23. The molecule has 1 saturated carbocycles. The van der Waals surface area contributed by atoms with Gasteiger partial charge in [-0.3, -0.25) is 4.79 Å². The van der Waals surface area contributed by atoms with E-state index in [-0.39, 0.29) is 23.8 Å². The van der Waals surface area contributed by atoms with E-state index in [9.17, 15) is 4.79 Å². The highest BCUT2D eigenvalue weighted by molar-refractivity contribution is 5.78. The predicted octanol–water partition coefficient (Wildman–Crippen LogP) is 0.653. The minimum absolute atomic E-state index is 0.177. The zero-order valence-electron chi connectivity index (χ0n) is 10.7. The lowest BCUT2D eigenvalue weighted by Gasteiger charge is -2.27. The number of amides is 1. The highest BCUT2D eigenvalue weighted by atomic mass is 16.3. The van der Waals surface area contributed by atoms with E-state index in [0.717, 1.165) is 45.2 Å². The first-order valence-electron chi connectivity index (χ1n) is 6.77. The van der Waals surface area contributed by atoms with Crippen LogP contribution in [0.25, 0.3) is 0 Å². The van der Waals surface area contributed by atoms with E-state index in [0.29, 0.717) is 6.04 Å². The maximum absolute atomic E-state index is 12.0. The molecular weight excluding hydrogens is 216 g/mol. The van der Waals surface area contributed by atoms with Gasteiger partial charge >= 0.3 is 0 Å². The Kier molecular flexibility index (Phi) is 4.05. The molecule has 1 aliphatic heterocycles. The molecule has 1 amide bonds. The average Bonchev–Trinajstić information content (AvgIpc) is 3.07. The van der Waals surface area contributed by atoms with Crippen molar-refractivity contribution in [3.05, 3.63) is 0 Å². The summed E-state index contributed by atoms with van der Waals surface area (Å²) in [5.74, 6) is 0.388. The second-order valence-electron chi connectivity index (χ2n) is 5.77. The first kappa shape index (κ1) is 12.8. The Morgan fingerprint density at radius 2 is 2.29 bits per heavy atom. The Morgan fingerprint density at radius 3 is 2.88 bits per heavy atom. The van der Waals surface area contributed by atoms with E-state index in [1.54, 1.807) is 0 Å². The van der Waals surface area contributed by atoms with Crippen LogP contribution in [0.3, 0.4) is 0 Å². The summed E-state index contributed by atoms with van der Waals surface area (Å²) in [7, 11) is 0. The Morgan fingerprint density at radius 1 is 1.53 bits per heavy atom. The van der Waals surface area contributed by atoms with Gasteiger partial charge < -0.3 is 15.7 Å². The van der Waals surface area contributed by atoms with E-state index in [4.69, 9.17) is 5.11 Å². The van der Waals surface area contributed by atoms with E-state index in [1.807, 2.05) is 0 Å². The second-order valence-corrected chi connectivity index (χ2v) is 5.77. The highest BCUT2D eigenvalue weighted by Crippen LogP contribution is 2.47. The molecule has 1 saturated heterocycles. The van der Waals surface area contributed by atoms with Crippen LogP contribution in [0.2, 0.25) is 0 Å². The van der Waals surface area contributed by atoms with E-state index >= 15 is 0 Å². The number of nitrogens with one attached hydrogen (secondary N) is 2. The molecular formula is C13H24N2O2. The van der Waals surface area contributed by atoms with Crippen LogP contribution in [0.15, 0.2) is 0 Å². The number of carbonyl (C=O) groups excluding carboxylic acids is 1. The van der Waals surface area contributed by atoms with E-state index < -0.39 is 0 Å². The van der Waals surface area contributed by atoms with Crippen molar-refractivity contribution in [3.63, 3.8) is 0 Å². The van der Waals surface area contributed by atoms with Gasteiger partial charge in [-0.2, -0.15) is 0 Å². The van der Waals surface area contributed by atoms with Crippen molar-refractivity contribution in [3.8, 4) is 0 Å². The molecule has 0 spiro atoms. The summed E-state index contributed by atoms with van der Waals surface area (Å²) < 4.78 is 0. The van der Waals surface area contributed by atoms with Crippen LogP contribution in [0.4, 0.5) is 0 Å². The minimum atomic E-state index is 0.177. The molecule has 2 aliphatic rings. The summed E-state index contributed by atoms with van der Waals surface area (Å²) in [6, 6.07) is 0.451. The van der Waals surface area contributed by atoms with Crippen molar-refractivity contribution in [2.45, 2.75) is 45.1 Å². The van der Waals surface area contributed by atoms with Crippen LogP contribution in [0, 0.1) is 11.3 Å². The van der Waals surface area contributed by atoms with Gasteiger partial charge in [0.05, 0.1) is 0 Å². The lowest BCUT2D eigenvalue weighted by atomic mass is 9.92. The molecule has 0 aromatic heterocycles. The molecule has 0 radical (unpaired) electrons. The smallest absolute Gasteiger partial charge is 0.223 e. The largest absolute Gasteiger partial charge is 0.396 e. The average molecular weight is 240 g/mol. The summed E-state index contributed by atoms with van der Waals surface area (Å²) in [5, 5.41) is 15.4. The van der Waals surface area contributed by atoms with Crippen LogP contribution >= 0.6 is 0 Å². The fraction of sp³-hybridized carbons (Fsp3) is 0.923. The molecule has 0 aromatic rings. The van der Waals surface area contributed by atoms with Gasteiger partial charge in [-0.15, -0.1) is 0 Å². The molecule has 2 rings (SSSR count). The van der Waals surface area contributed by atoms with Crippen molar-refractivity contribution in [1.82, 2.24) is 10.6 Å². The third-order valence-electron chi connectivity index (χ3n) is 4.23. The molecule has 1 heterocycles. The van der Waals surface area contributed by atoms with Crippen molar-refractivity contribution in [2.75, 3.05) is 19.7 Å². The van der Waals surface area contributed by atoms with Gasteiger partial charge in [0, 0.05) is 25.1 Å². The quantitative estimate of drug-likeness (QED) is 0.661. The molecule has 3 N–H and O–H groups in total. The summed E-state index contributed by atoms with van der Waals surface area (Å²) in [6.45, 7) is 4.07. The first-order chi connectivity index (χ1) is 8.15. The third kappa shape index (κ3) is 3.42. The molecule has 4 heteroatoms. The van der Waals surface area contributed by atoms with Crippen LogP contribution < -0.4 is 10.6 Å². The van der Waals surface area contributed by atoms with Crippen molar-refractivity contribution >= 4 is 5.91 Å². The maximum atomic E-state index is 12.0. The van der Waals surface area contributed by atoms with Crippen LogP contribution in [0.1, 0.15) is 39.0 Å². The first-order valence-corrected chi connectivity index (χ1v) is 6.77. The summed E-state index contributed by atoms with van der Waals surface area (Å²) >= 11 is 0. The molecule has 0 bridgehead atoms. The van der Waals surface area contributed by atoms with Gasteiger partial charge in [-0.05, 0) is 51.0 Å². The summed E-state index contributed by atoms with van der Waals surface area (Å²) in [6.07, 6.45) is 5.02. The topological polar surface area (TPSA) is 61.4 Å². The number of rotatable bonds is 5. The monoisotopic (exact) mass is 240 g/mol. The standard InChI is InChI=1S/C13H24N2O2/c1-10-8-11(2-6-14-10)12(17)15-9-13(3-4-13)5-7-16/h10-11,14,16H,2-9H2,1H3,(H,15,17). The number of piperidine rings is 1. The van der Waals surface area contributed by atoms with Gasteiger partial charge in [0.15, 0.2) is 0 Å². The van der Waals surface area contributed by atoms with E-state index in [2.05, 4.69) is 17.6 Å². The van der Waals surface area contributed by atoms with Crippen molar-refractivity contribution in [2.24, 2.45) is 11.3 Å². The number of hydrogen-bond donors (Lipinski definition) is 3. The van der Waals surface area contributed by atoms with E-state index in [1.165, 1.54) is 0 Å². The summed E-state index contributed by atoms with van der Waals surface area (Å²) in [4.78, 5) is 12.0. The molecule has 98 valence electrons. The molecule has 17 heavy (non-hydrogen) atoms. The normalized spacial score (nSPS) is 30.9. The number of carbonyl (C=O) groups is 1. The van der Waals surface area contributed by atoms with Crippen molar-refractivity contribution in [1.29, 1.82) is 0 Å². The maximum Gasteiger partial charge on any atom is 0.223 e. The minimum Gasteiger partial charge on any atom is -0.396 e. The molecule has 2 atom stereocenters. The van der Waals surface area contributed by atoms with Gasteiger partial charge in [0.2, 0.25) is 5.91 Å². The number of aliphatic hydroxyl groups excluding tert-OH is 1. The molecule has 2 unspecified atom stereocenters. The highest BCUT2D eigenvalue weighted by Gasteiger charge is 2.42. The predicted molar refractivity (Wildman–Crippen MR) is 66.6 cm³/mol. The lowest BCUT2D eigenvalue weighted by molar-refractivity contribution is -0.126. The number of hydrogen-bond acceptors (Lipinski definition) is 3. The fourth-order valence-electron chi connectivity index (χ4n) is 2.72. The number of aliphatic hydroxyl groups is 1. The molecule has 2 fully saturated rings. The fourth-order valence-corrected chi connectivity index (χ4v) is 2.72. The molecule has 4 nitrogen and oxygen atoms in total. The van der Waals surface area contributed by atoms with Crippen LogP contribution in [0.5, 0.6) is 0 Å². The second kappa shape index (κ2) is 5.36. The Bertz CT molecular complexity index is 277. The Labute approximate surface area is 103 Å². The van der Waals surface area contributed by atoms with Crippen LogP contribution in [-0.2, 0) is 4.79 Å². The Balaban J connectivity index is 1.73. The summed E-state index contributed by atoms with van der Waals surface area (Å²) in [5.41, 5.74) is 0.225. The zero-order chi connectivity index (χ0) is 12.3. The van der Waals surface area contributed by atoms with Crippen LogP contribution in [-0.4, -0.2) is 36.8 Å². The van der Waals surface area contributed by atoms with Crippen molar-refractivity contribution < 1.29 is 9.90 Å².